The first kappa shape index (κ1) is 26.4. The lowest BCUT2D eigenvalue weighted by molar-refractivity contribution is -0.117. The Hall–Kier alpha value is -3.68. The normalized spacial score (nSPS) is 15.6. The second kappa shape index (κ2) is 12.5. The summed E-state index contributed by atoms with van der Waals surface area (Å²) in [6.07, 6.45) is -1.09. The third kappa shape index (κ3) is 6.76. The van der Waals surface area contributed by atoms with Gasteiger partial charge in [0, 0.05) is 49.5 Å². The van der Waals surface area contributed by atoms with Crippen LogP contribution in [0.3, 0.4) is 0 Å². The molecular weight excluding hydrogens is 472 g/mol. The van der Waals surface area contributed by atoms with E-state index < -0.39 is 18.6 Å². The van der Waals surface area contributed by atoms with Gasteiger partial charge in [0.15, 0.2) is 0 Å². The zero-order valence-electron chi connectivity index (χ0n) is 20.9. The SMILES string of the molecule is C/C(=C(/C#N)C(=O)NCC(O)CO)c1ccc(-c2ccc3cc(NCCN4CCOCC4)ccc3c2)o1. The number of carbonyl (C=O) groups is 1. The van der Waals surface area contributed by atoms with Gasteiger partial charge in [-0.15, -0.1) is 0 Å². The van der Waals surface area contributed by atoms with Crippen LogP contribution in [0.1, 0.15) is 12.7 Å². The maximum absolute atomic E-state index is 12.4. The summed E-state index contributed by atoms with van der Waals surface area (Å²) in [6, 6.07) is 17.8. The van der Waals surface area contributed by atoms with E-state index in [4.69, 9.17) is 14.3 Å². The molecule has 0 radical (unpaired) electrons. The van der Waals surface area contributed by atoms with Gasteiger partial charge >= 0.3 is 0 Å². The van der Waals surface area contributed by atoms with E-state index in [9.17, 15) is 15.2 Å². The molecule has 1 aromatic heterocycles. The van der Waals surface area contributed by atoms with Crippen LogP contribution in [0.25, 0.3) is 27.7 Å². The number of rotatable bonds is 10. The number of amides is 1. The van der Waals surface area contributed by atoms with Crippen LogP contribution in [0.15, 0.2) is 58.5 Å². The summed E-state index contributed by atoms with van der Waals surface area (Å²) in [5.74, 6) is 0.396. The van der Waals surface area contributed by atoms with Gasteiger partial charge in [-0.3, -0.25) is 9.69 Å². The Morgan fingerprint density at radius 3 is 2.65 bits per heavy atom. The molecule has 1 aliphatic heterocycles. The molecule has 3 aromatic rings. The summed E-state index contributed by atoms with van der Waals surface area (Å²) >= 11 is 0. The summed E-state index contributed by atoms with van der Waals surface area (Å²) in [6.45, 7) is 6.41. The van der Waals surface area contributed by atoms with Gasteiger partial charge < -0.3 is 30.0 Å². The molecular formula is C28H32N4O5. The highest BCUT2D eigenvalue weighted by atomic mass is 16.5. The molecule has 4 rings (SSSR count). The van der Waals surface area contributed by atoms with E-state index in [0.29, 0.717) is 17.1 Å². The van der Waals surface area contributed by atoms with Crippen molar-refractivity contribution in [2.45, 2.75) is 13.0 Å². The molecule has 1 saturated heterocycles. The van der Waals surface area contributed by atoms with E-state index in [2.05, 4.69) is 33.7 Å². The van der Waals surface area contributed by atoms with Crippen molar-refractivity contribution >= 4 is 27.9 Å². The van der Waals surface area contributed by atoms with E-state index in [0.717, 1.165) is 61.4 Å². The predicted molar refractivity (Wildman–Crippen MR) is 142 cm³/mol. The molecule has 2 aromatic carbocycles. The van der Waals surface area contributed by atoms with Gasteiger partial charge in [-0.1, -0.05) is 18.2 Å². The number of aliphatic hydroxyl groups is 2. The van der Waals surface area contributed by atoms with Gasteiger partial charge in [0.25, 0.3) is 5.91 Å². The van der Waals surface area contributed by atoms with Crippen LogP contribution >= 0.6 is 0 Å². The van der Waals surface area contributed by atoms with Crippen molar-refractivity contribution in [1.82, 2.24) is 10.2 Å². The largest absolute Gasteiger partial charge is 0.456 e. The summed E-state index contributed by atoms with van der Waals surface area (Å²) in [7, 11) is 0. The number of nitriles is 1. The number of morpholine rings is 1. The number of nitrogens with one attached hydrogen (secondary N) is 2. The highest BCUT2D eigenvalue weighted by Gasteiger charge is 2.18. The molecule has 4 N–H and O–H groups in total. The van der Waals surface area contributed by atoms with Crippen LogP contribution in [0, 0.1) is 11.3 Å². The maximum atomic E-state index is 12.4. The van der Waals surface area contributed by atoms with E-state index in [1.165, 1.54) is 0 Å². The minimum absolute atomic E-state index is 0.113. The summed E-state index contributed by atoms with van der Waals surface area (Å²) in [5, 5.41) is 36.0. The average molecular weight is 505 g/mol. The van der Waals surface area contributed by atoms with Crippen LogP contribution in [0.4, 0.5) is 5.69 Å². The van der Waals surface area contributed by atoms with Crippen molar-refractivity contribution < 1.29 is 24.2 Å². The fraction of sp³-hybridized carbons (Fsp3) is 0.357. The second-order valence-electron chi connectivity index (χ2n) is 8.98. The number of anilines is 1. The number of carbonyl (C=O) groups excluding carboxylic acids is 1. The molecule has 9 heteroatoms. The summed E-state index contributed by atoms with van der Waals surface area (Å²) < 4.78 is 11.4. The zero-order chi connectivity index (χ0) is 26.2. The Labute approximate surface area is 215 Å². The number of allylic oxidation sites excluding steroid dienone is 1. The van der Waals surface area contributed by atoms with Gasteiger partial charge in [0.05, 0.1) is 25.9 Å². The number of hydrogen-bond donors (Lipinski definition) is 4. The molecule has 0 spiro atoms. The second-order valence-corrected chi connectivity index (χ2v) is 8.98. The van der Waals surface area contributed by atoms with Crippen molar-refractivity contribution in [2.75, 3.05) is 57.9 Å². The van der Waals surface area contributed by atoms with E-state index in [1.807, 2.05) is 30.3 Å². The Balaban J connectivity index is 1.44. The number of hydrogen-bond acceptors (Lipinski definition) is 8. The van der Waals surface area contributed by atoms with Gasteiger partial charge in [-0.2, -0.15) is 5.26 Å². The molecule has 0 saturated carbocycles. The van der Waals surface area contributed by atoms with Crippen molar-refractivity contribution in [3.63, 3.8) is 0 Å². The van der Waals surface area contributed by atoms with Gasteiger partial charge in [-0.05, 0) is 48.0 Å². The monoisotopic (exact) mass is 504 g/mol. The first-order valence-corrected chi connectivity index (χ1v) is 12.3. The first-order chi connectivity index (χ1) is 18.0. The summed E-state index contributed by atoms with van der Waals surface area (Å²) in [4.78, 5) is 14.8. The Kier molecular flexibility index (Phi) is 8.93. The quantitative estimate of drug-likeness (QED) is 0.245. The summed E-state index contributed by atoms with van der Waals surface area (Å²) in [5.41, 5.74) is 2.23. The van der Waals surface area contributed by atoms with Gasteiger partial charge in [0.2, 0.25) is 0 Å². The number of ether oxygens (including phenoxy) is 1. The van der Waals surface area contributed by atoms with Crippen molar-refractivity contribution in [2.24, 2.45) is 0 Å². The molecule has 0 aliphatic carbocycles. The number of furan rings is 1. The van der Waals surface area contributed by atoms with Crippen LogP contribution in [0.5, 0.6) is 0 Å². The molecule has 1 atom stereocenters. The van der Waals surface area contributed by atoms with Crippen molar-refractivity contribution in [1.29, 1.82) is 5.26 Å². The zero-order valence-corrected chi connectivity index (χ0v) is 20.9. The first-order valence-electron chi connectivity index (χ1n) is 12.3. The minimum atomic E-state index is -1.09. The molecule has 1 amide bonds. The molecule has 2 heterocycles. The predicted octanol–water partition coefficient (Wildman–Crippen LogP) is 2.61. The number of aliphatic hydroxyl groups excluding tert-OH is 2. The van der Waals surface area contributed by atoms with Crippen LogP contribution < -0.4 is 10.6 Å². The fourth-order valence-electron chi connectivity index (χ4n) is 4.18. The fourth-order valence-corrected chi connectivity index (χ4v) is 4.18. The van der Waals surface area contributed by atoms with E-state index in [-0.39, 0.29) is 12.1 Å². The topological polar surface area (TPSA) is 131 Å². The molecule has 1 unspecified atom stereocenters. The van der Waals surface area contributed by atoms with Crippen molar-refractivity contribution in [3.05, 3.63) is 59.9 Å². The molecule has 1 fully saturated rings. The third-order valence-electron chi connectivity index (χ3n) is 6.38. The Morgan fingerprint density at radius 2 is 1.89 bits per heavy atom. The number of benzene rings is 2. The van der Waals surface area contributed by atoms with Crippen LogP contribution in [-0.2, 0) is 9.53 Å². The van der Waals surface area contributed by atoms with Crippen LogP contribution in [0.2, 0.25) is 0 Å². The van der Waals surface area contributed by atoms with Crippen molar-refractivity contribution in [3.8, 4) is 17.4 Å². The number of fused-ring (bicyclic) bond motifs is 1. The highest BCUT2D eigenvalue weighted by molar-refractivity contribution is 6.04. The van der Waals surface area contributed by atoms with Gasteiger partial charge in [-0.25, -0.2) is 0 Å². The van der Waals surface area contributed by atoms with E-state index in [1.54, 1.807) is 13.0 Å². The van der Waals surface area contributed by atoms with Gasteiger partial charge in [0.1, 0.15) is 23.2 Å². The Morgan fingerprint density at radius 1 is 1.14 bits per heavy atom. The van der Waals surface area contributed by atoms with Crippen LogP contribution in [-0.4, -0.2) is 79.7 Å². The highest BCUT2D eigenvalue weighted by Crippen LogP contribution is 2.30. The average Bonchev–Trinajstić information content (AvgIpc) is 3.43. The molecule has 37 heavy (non-hydrogen) atoms. The smallest absolute Gasteiger partial charge is 0.262 e. The molecule has 9 nitrogen and oxygen atoms in total. The lowest BCUT2D eigenvalue weighted by atomic mass is 10.0. The standard InChI is InChI=1S/C28H32N4O5/c1-19(25(16-29)28(35)31-17-24(34)18-33)26-6-7-27(37-26)22-3-2-21-15-23(5-4-20(21)14-22)30-8-9-32-10-12-36-13-11-32/h2-7,14-15,24,30,33-34H,8-13,17-18H2,1H3,(H,31,35)/b25-19+. The molecule has 0 bridgehead atoms. The maximum Gasteiger partial charge on any atom is 0.262 e. The lowest BCUT2D eigenvalue weighted by Crippen LogP contribution is -2.38. The molecule has 194 valence electrons. The van der Waals surface area contributed by atoms with E-state index >= 15 is 0 Å². The Bertz CT molecular complexity index is 1300. The molecule has 1 aliphatic rings. The third-order valence-corrected chi connectivity index (χ3v) is 6.38. The lowest BCUT2D eigenvalue weighted by Gasteiger charge is -2.26. The number of nitrogens with zero attached hydrogens (tertiary/aromatic N) is 2. The minimum Gasteiger partial charge on any atom is -0.456 e.